The number of rotatable bonds is 1. The SMILES string of the molecule is Cl.O=C(c1ccccc1)N1CCN[C@H]2CS(=O)(=O)C[C@H]21. The molecule has 0 spiro atoms. The predicted molar refractivity (Wildman–Crippen MR) is 79.0 cm³/mol. The van der Waals surface area contributed by atoms with Crippen molar-refractivity contribution in [3.05, 3.63) is 35.9 Å². The molecule has 2 aliphatic heterocycles. The van der Waals surface area contributed by atoms with Crippen LogP contribution >= 0.6 is 12.4 Å². The van der Waals surface area contributed by atoms with Gasteiger partial charge in [0, 0.05) is 24.7 Å². The van der Waals surface area contributed by atoms with Gasteiger partial charge >= 0.3 is 0 Å². The molecule has 1 aromatic carbocycles. The normalized spacial score (nSPS) is 27.5. The molecule has 110 valence electrons. The van der Waals surface area contributed by atoms with Crippen molar-refractivity contribution in [1.29, 1.82) is 0 Å². The fourth-order valence-corrected chi connectivity index (χ4v) is 4.82. The van der Waals surface area contributed by atoms with Crippen molar-refractivity contribution in [1.82, 2.24) is 10.2 Å². The van der Waals surface area contributed by atoms with Gasteiger partial charge in [0.15, 0.2) is 9.84 Å². The fraction of sp³-hybridized carbons (Fsp3) is 0.462. The molecule has 2 aliphatic rings. The van der Waals surface area contributed by atoms with Crippen molar-refractivity contribution in [2.75, 3.05) is 24.6 Å². The third-order valence-electron chi connectivity index (χ3n) is 3.76. The van der Waals surface area contributed by atoms with E-state index in [0.717, 1.165) is 0 Å². The number of halogens is 1. The molecule has 2 fully saturated rings. The first-order valence-electron chi connectivity index (χ1n) is 6.37. The molecule has 0 unspecified atom stereocenters. The van der Waals surface area contributed by atoms with Gasteiger partial charge in [0.2, 0.25) is 0 Å². The number of nitrogens with zero attached hydrogens (tertiary/aromatic N) is 1. The van der Waals surface area contributed by atoms with E-state index in [1.165, 1.54) is 0 Å². The van der Waals surface area contributed by atoms with Crippen molar-refractivity contribution in [2.45, 2.75) is 12.1 Å². The highest BCUT2D eigenvalue weighted by atomic mass is 35.5. The predicted octanol–water partition coefficient (Wildman–Crippen LogP) is 0.319. The van der Waals surface area contributed by atoms with Crippen LogP contribution in [-0.2, 0) is 9.84 Å². The minimum absolute atomic E-state index is 0. The molecule has 0 aromatic heterocycles. The second kappa shape index (κ2) is 5.71. The highest BCUT2D eigenvalue weighted by Crippen LogP contribution is 2.22. The summed E-state index contributed by atoms with van der Waals surface area (Å²) in [5.74, 6) is 0.133. The van der Waals surface area contributed by atoms with Gasteiger partial charge in [0.05, 0.1) is 17.5 Å². The zero-order valence-corrected chi connectivity index (χ0v) is 12.5. The summed E-state index contributed by atoms with van der Waals surface area (Å²) in [6.07, 6.45) is 0. The number of hydrogen-bond acceptors (Lipinski definition) is 4. The van der Waals surface area contributed by atoms with E-state index in [-0.39, 0.29) is 41.9 Å². The van der Waals surface area contributed by atoms with Gasteiger partial charge in [-0.1, -0.05) is 18.2 Å². The lowest BCUT2D eigenvalue weighted by molar-refractivity contribution is 0.0621. The molecule has 7 heteroatoms. The van der Waals surface area contributed by atoms with Gasteiger partial charge < -0.3 is 10.2 Å². The van der Waals surface area contributed by atoms with E-state index in [1.54, 1.807) is 17.0 Å². The van der Waals surface area contributed by atoms with Gasteiger partial charge in [-0.25, -0.2) is 8.42 Å². The Morgan fingerprint density at radius 2 is 1.90 bits per heavy atom. The maximum absolute atomic E-state index is 12.5. The Morgan fingerprint density at radius 1 is 1.20 bits per heavy atom. The number of carbonyl (C=O) groups is 1. The number of nitrogens with one attached hydrogen (secondary N) is 1. The van der Waals surface area contributed by atoms with Crippen LogP contribution in [0, 0.1) is 0 Å². The maximum atomic E-state index is 12.5. The van der Waals surface area contributed by atoms with Gasteiger partial charge in [-0.3, -0.25) is 4.79 Å². The first kappa shape index (κ1) is 15.3. The lowest BCUT2D eigenvalue weighted by Gasteiger charge is -2.37. The first-order chi connectivity index (χ1) is 9.07. The molecule has 2 heterocycles. The number of amides is 1. The van der Waals surface area contributed by atoms with E-state index >= 15 is 0 Å². The monoisotopic (exact) mass is 316 g/mol. The lowest BCUT2D eigenvalue weighted by atomic mass is 10.1. The summed E-state index contributed by atoms with van der Waals surface area (Å²) in [6.45, 7) is 1.21. The Kier molecular flexibility index (Phi) is 4.36. The fourth-order valence-electron chi connectivity index (χ4n) is 2.87. The van der Waals surface area contributed by atoms with Crippen LogP contribution in [0.3, 0.4) is 0 Å². The van der Waals surface area contributed by atoms with Crippen molar-refractivity contribution >= 4 is 28.2 Å². The molecule has 20 heavy (non-hydrogen) atoms. The van der Waals surface area contributed by atoms with E-state index in [9.17, 15) is 13.2 Å². The van der Waals surface area contributed by atoms with Crippen LogP contribution in [0.15, 0.2) is 30.3 Å². The average Bonchev–Trinajstić information content (AvgIpc) is 2.72. The number of hydrogen-bond donors (Lipinski definition) is 1. The van der Waals surface area contributed by atoms with E-state index < -0.39 is 9.84 Å². The quantitative estimate of drug-likeness (QED) is 0.810. The molecule has 1 N–H and O–H groups in total. The summed E-state index contributed by atoms with van der Waals surface area (Å²) < 4.78 is 23.4. The number of piperazine rings is 1. The second-order valence-corrected chi connectivity index (χ2v) is 7.22. The summed E-state index contributed by atoms with van der Waals surface area (Å²) in [6, 6.07) is 8.68. The van der Waals surface area contributed by atoms with E-state index in [0.29, 0.717) is 18.7 Å². The van der Waals surface area contributed by atoms with E-state index in [1.807, 2.05) is 18.2 Å². The van der Waals surface area contributed by atoms with Gasteiger partial charge in [-0.15, -0.1) is 12.4 Å². The molecule has 1 aromatic rings. The van der Waals surface area contributed by atoms with Gasteiger partial charge in [0.1, 0.15) is 0 Å². The van der Waals surface area contributed by atoms with Crippen LogP contribution in [0.5, 0.6) is 0 Å². The molecular weight excluding hydrogens is 300 g/mol. The summed E-state index contributed by atoms with van der Waals surface area (Å²) in [7, 11) is -3.03. The Balaban J connectivity index is 0.00000147. The Morgan fingerprint density at radius 3 is 2.60 bits per heavy atom. The largest absolute Gasteiger partial charge is 0.332 e. The zero-order chi connectivity index (χ0) is 13.5. The molecule has 2 atom stereocenters. The summed E-state index contributed by atoms with van der Waals surface area (Å²) >= 11 is 0. The molecule has 3 rings (SSSR count). The lowest BCUT2D eigenvalue weighted by Crippen LogP contribution is -2.59. The Bertz CT molecular complexity index is 591. The highest BCUT2D eigenvalue weighted by Gasteiger charge is 2.44. The summed E-state index contributed by atoms with van der Waals surface area (Å²) in [5, 5.41) is 3.20. The van der Waals surface area contributed by atoms with Crippen molar-refractivity contribution in [3.63, 3.8) is 0 Å². The van der Waals surface area contributed by atoms with Gasteiger partial charge in [0.25, 0.3) is 5.91 Å². The topological polar surface area (TPSA) is 66.5 Å². The summed E-state index contributed by atoms with van der Waals surface area (Å²) in [4.78, 5) is 14.2. The van der Waals surface area contributed by atoms with Crippen LogP contribution in [0.25, 0.3) is 0 Å². The zero-order valence-electron chi connectivity index (χ0n) is 10.9. The van der Waals surface area contributed by atoms with Gasteiger partial charge in [-0.2, -0.15) is 0 Å². The number of carbonyl (C=O) groups excluding carboxylic acids is 1. The standard InChI is InChI=1S/C13H16N2O3S.ClH/c16-13(10-4-2-1-3-5-10)15-7-6-14-11-8-19(17,18)9-12(11)15;/h1-5,11-12,14H,6-9H2;1H/t11-,12+;/m0./s1. The van der Waals surface area contributed by atoms with Crippen molar-refractivity contribution in [2.24, 2.45) is 0 Å². The van der Waals surface area contributed by atoms with Crippen LogP contribution in [0.4, 0.5) is 0 Å². The smallest absolute Gasteiger partial charge is 0.254 e. The maximum Gasteiger partial charge on any atom is 0.254 e. The molecule has 0 aliphatic carbocycles. The van der Waals surface area contributed by atoms with Crippen molar-refractivity contribution < 1.29 is 13.2 Å². The van der Waals surface area contributed by atoms with Crippen LogP contribution in [-0.4, -0.2) is 55.9 Å². The number of fused-ring (bicyclic) bond motifs is 1. The average molecular weight is 317 g/mol. The van der Waals surface area contributed by atoms with Crippen molar-refractivity contribution in [3.8, 4) is 0 Å². The molecule has 2 saturated heterocycles. The third kappa shape index (κ3) is 2.82. The molecule has 0 saturated carbocycles. The Labute approximate surface area is 124 Å². The molecule has 5 nitrogen and oxygen atoms in total. The molecule has 0 bridgehead atoms. The number of sulfone groups is 1. The molecule has 1 amide bonds. The van der Waals surface area contributed by atoms with E-state index in [4.69, 9.17) is 0 Å². The van der Waals surface area contributed by atoms with Gasteiger partial charge in [-0.05, 0) is 12.1 Å². The summed E-state index contributed by atoms with van der Waals surface area (Å²) in [5.41, 5.74) is 0.618. The Hall–Kier alpha value is -1.11. The van der Waals surface area contributed by atoms with Crippen LogP contribution < -0.4 is 5.32 Å². The van der Waals surface area contributed by atoms with E-state index in [2.05, 4.69) is 5.32 Å². The molecule has 0 radical (unpaired) electrons. The van der Waals surface area contributed by atoms with Crippen LogP contribution in [0.2, 0.25) is 0 Å². The number of benzene rings is 1. The minimum atomic E-state index is -3.03. The highest BCUT2D eigenvalue weighted by molar-refractivity contribution is 7.91. The molecular formula is C13H17ClN2O3S. The minimum Gasteiger partial charge on any atom is -0.332 e. The second-order valence-electron chi connectivity index (χ2n) is 5.07. The third-order valence-corrected chi connectivity index (χ3v) is 5.48. The first-order valence-corrected chi connectivity index (χ1v) is 8.19. The van der Waals surface area contributed by atoms with Crippen LogP contribution in [0.1, 0.15) is 10.4 Å².